The first-order chi connectivity index (χ1) is 15.5. The number of hydrogen-bond donors (Lipinski definition) is 1. The van der Waals surface area contributed by atoms with Crippen LogP contribution in [0.25, 0.3) is 10.6 Å². The molecule has 0 saturated carbocycles. The van der Waals surface area contributed by atoms with Gasteiger partial charge in [0.25, 0.3) is 17.7 Å². The molecule has 8 heteroatoms. The highest BCUT2D eigenvalue weighted by atomic mass is 32.1. The first kappa shape index (κ1) is 19.8. The van der Waals surface area contributed by atoms with Gasteiger partial charge in [0.15, 0.2) is 0 Å². The topological polar surface area (TPSA) is 79.4 Å². The lowest BCUT2D eigenvalue weighted by Gasteiger charge is -2.15. The van der Waals surface area contributed by atoms with Crippen molar-refractivity contribution in [3.05, 3.63) is 101 Å². The molecular formula is C24H14FN3O3S. The van der Waals surface area contributed by atoms with Gasteiger partial charge in [-0.1, -0.05) is 30.3 Å². The molecular weight excluding hydrogens is 429 g/mol. The van der Waals surface area contributed by atoms with Crippen LogP contribution < -0.4 is 10.2 Å². The third-order valence-electron chi connectivity index (χ3n) is 5.00. The largest absolute Gasteiger partial charge is 0.321 e. The number of carbonyl (C=O) groups excluding carboxylic acids is 3. The van der Waals surface area contributed by atoms with Crippen LogP contribution in [0, 0.1) is 5.82 Å². The molecule has 0 aliphatic carbocycles. The molecule has 1 aliphatic rings. The fraction of sp³-hybridized carbons (Fsp3) is 0. The number of fused-ring (bicyclic) bond motifs is 1. The van der Waals surface area contributed by atoms with Crippen molar-refractivity contribution in [2.24, 2.45) is 0 Å². The molecule has 32 heavy (non-hydrogen) atoms. The molecule has 4 aromatic rings. The van der Waals surface area contributed by atoms with Crippen LogP contribution in [0.3, 0.4) is 0 Å². The lowest BCUT2D eigenvalue weighted by Crippen LogP contribution is -2.29. The van der Waals surface area contributed by atoms with Crippen molar-refractivity contribution in [3.63, 3.8) is 0 Å². The molecule has 5 rings (SSSR count). The van der Waals surface area contributed by atoms with Crippen molar-refractivity contribution in [1.29, 1.82) is 0 Å². The highest BCUT2D eigenvalue weighted by Crippen LogP contribution is 2.30. The number of rotatable bonds is 4. The average molecular weight is 443 g/mol. The Morgan fingerprint density at radius 3 is 2.22 bits per heavy atom. The quantitative estimate of drug-likeness (QED) is 0.450. The average Bonchev–Trinajstić information content (AvgIpc) is 3.38. The Labute approximate surface area is 186 Å². The Morgan fingerprint density at radius 1 is 0.875 bits per heavy atom. The van der Waals surface area contributed by atoms with E-state index in [4.69, 9.17) is 0 Å². The summed E-state index contributed by atoms with van der Waals surface area (Å²) >= 11 is 1.16. The van der Waals surface area contributed by atoms with Crippen LogP contribution in [0.15, 0.2) is 78.2 Å². The number of carbonyl (C=O) groups is 3. The summed E-state index contributed by atoms with van der Waals surface area (Å²) in [5.41, 5.74) is 1.89. The second kappa shape index (κ2) is 7.82. The molecule has 3 amide bonds. The molecule has 1 N–H and O–H groups in total. The van der Waals surface area contributed by atoms with Crippen molar-refractivity contribution in [2.45, 2.75) is 0 Å². The molecule has 0 atom stereocenters. The summed E-state index contributed by atoms with van der Waals surface area (Å²) < 4.78 is 14.0. The van der Waals surface area contributed by atoms with Crippen LogP contribution in [-0.2, 0) is 0 Å². The summed E-state index contributed by atoms with van der Waals surface area (Å²) in [6.45, 7) is 0. The van der Waals surface area contributed by atoms with E-state index in [-0.39, 0.29) is 5.69 Å². The van der Waals surface area contributed by atoms with Gasteiger partial charge in [0.1, 0.15) is 16.5 Å². The third-order valence-corrected chi connectivity index (χ3v) is 5.87. The van der Waals surface area contributed by atoms with Crippen LogP contribution in [0.2, 0.25) is 0 Å². The van der Waals surface area contributed by atoms with Crippen molar-refractivity contribution >= 4 is 40.4 Å². The molecule has 156 valence electrons. The van der Waals surface area contributed by atoms with Gasteiger partial charge in [0, 0.05) is 16.6 Å². The zero-order valence-electron chi connectivity index (χ0n) is 16.4. The predicted octanol–water partition coefficient (Wildman–Crippen LogP) is 5.00. The predicted molar refractivity (Wildman–Crippen MR) is 119 cm³/mol. The van der Waals surface area contributed by atoms with E-state index in [2.05, 4.69) is 10.3 Å². The first-order valence-electron chi connectivity index (χ1n) is 9.62. The molecule has 1 aliphatic heterocycles. The van der Waals surface area contributed by atoms with E-state index in [1.54, 1.807) is 72.1 Å². The van der Waals surface area contributed by atoms with Gasteiger partial charge in [0.05, 0.1) is 16.8 Å². The second-order valence-corrected chi connectivity index (χ2v) is 7.87. The molecule has 0 bridgehead atoms. The fourth-order valence-electron chi connectivity index (χ4n) is 3.48. The Balaban J connectivity index is 1.37. The number of nitrogens with one attached hydrogen (secondary N) is 1. The van der Waals surface area contributed by atoms with Crippen LogP contribution in [0.5, 0.6) is 0 Å². The Hall–Kier alpha value is -4.17. The summed E-state index contributed by atoms with van der Waals surface area (Å²) in [5, 5.41) is 4.66. The van der Waals surface area contributed by atoms with Gasteiger partial charge in [-0.2, -0.15) is 0 Å². The Kier molecular flexibility index (Phi) is 4.84. The van der Waals surface area contributed by atoms with Gasteiger partial charge in [-0.05, 0) is 42.5 Å². The Bertz CT molecular complexity index is 1360. The fourth-order valence-corrected chi connectivity index (χ4v) is 4.30. The van der Waals surface area contributed by atoms with E-state index in [0.717, 1.165) is 16.2 Å². The number of benzene rings is 3. The molecule has 3 aromatic carbocycles. The summed E-state index contributed by atoms with van der Waals surface area (Å²) in [6.07, 6.45) is 0. The standard InChI is InChI=1S/C24H14FN3O3S/c25-19-11-4-3-10-18(19)22-27-20(13-32-22)21(29)26-14-6-5-7-15(12-14)28-23(30)16-8-1-2-9-17(16)24(28)31/h1-13H,(H,26,29). The molecule has 0 unspecified atom stereocenters. The van der Waals surface area contributed by atoms with Crippen molar-refractivity contribution in [3.8, 4) is 10.6 Å². The number of halogens is 1. The third kappa shape index (κ3) is 3.36. The van der Waals surface area contributed by atoms with Gasteiger partial charge in [-0.25, -0.2) is 14.3 Å². The van der Waals surface area contributed by atoms with Crippen LogP contribution >= 0.6 is 11.3 Å². The van der Waals surface area contributed by atoms with Crippen LogP contribution in [-0.4, -0.2) is 22.7 Å². The smallest absolute Gasteiger partial charge is 0.275 e. The van der Waals surface area contributed by atoms with E-state index < -0.39 is 23.5 Å². The maximum atomic E-state index is 14.0. The molecule has 2 heterocycles. The lowest BCUT2D eigenvalue weighted by molar-refractivity contribution is 0.0925. The number of anilines is 2. The Morgan fingerprint density at radius 2 is 1.53 bits per heavy atom. The summed E-state index contributed by atoms with van der Waals surface area (Å²) in [6, 6.07) is 19.3. The SMILES string of the molecule is O=C(Nc1cccc(N2C(=O)c3ccccc3C2=O)c1)c1csc(-c2ccccc2F)n1. The first-order valence-corrected chi connectivity index (χ1v) is 10.5. The number of aromatic nitrogens is 1. The van der Waals surface area contributed by atoms with E-state index in [0.29, 0.717) is 33.1 Å². The maximum absolute atomic E-state index is 14.0. The van der Waals surface area contributed by atoms with E-state index in [1.807, 2.05) is 0 Å². The number of nitrogens with zero attached hydrogens (tertiary/aromatic N) is 2. The summed E-state index contributed by atoms with van der Waals surface area (Å²) in [5.74, 6) is -1.72. The van der Waals surface area contributed by atoms with Crippen molar-refractivity contribution in [2.75, 3.05) is 10.2 Å². The zero-order chi connectivity index (χ0) is 22.2. The molecule has 0 fully saturated rings. The van der Waals surface area contributed by atoms with Crippen LogP contribution in [0.1, 0.15) is 31.2 Å². The maximum Gasteiger partial charge on any atom is 0.275 e. The minimum Gasteiger partial charge on any atom is -0.321 e. The van der Waals surface area contributed by atoms with E-state index in [1.165, 1.54) is 6.07 Å². The van der Waals surface area contributed by atoms with Gasteiger partial charge in [-0.15, -0.1) is 11.3 Å². The van der Waals surface area contributed by atoms with Gasteiger partial charge >= 0.3 is 0 Å². The summed E-state index contributed by atoms with van der Waals surface area (Å²) in [4.78, 5) is 43.4. The van der Waals surface area contributed by atoms with Gasteiger partial charge in [0.2, 0.25) is 0 Å². The molecule has 0 saturated heterocycles. The zero-order valence-corrected chi connectivity index (χ0v) is 17.2. The van der Waals surface area contributed by atoms with E-state index in [9.17, 15) is 18.8 Å². The van der Waals surface area contributed by atoms with Gasteiger partial charge < -0.3 is 5.32 Å². The molecule has 0 radical (unpaired) electrons. The number of hydrogen-bond acceptors (Lipinski definition) is 5. The highest BCUT2D eigenvalue weighted by Gasteiger charge is 2.36. The van der Waals surface area contributed by atoms with Crippen molar-refractivity contribution < 1.29 is 18.8 Å². The van der Waals surface area contributed by atoms with Gasteiger partial charge in [-0.3, -0.25) is 14.4 Å². The minimum atomic E-state index is -0.483. The number of thiazole rings is 1. The van der Waals surface area contributed by atoms with Crippen molar-refractivity contribution in [1.82, 2.24) is 4.98 Å². The number of imide groups is 1. The van der Waals surface area contributed by atoms with E-state index >= 15 is 0 Å². The highest BCUT2D eigenvalue weighted by molar-refractivity contribution is 7.13. The number of amides is 3. The second-order valence-electron chi connectivity index (χ2n) is 7.01. The molecule has 6 nitrogen and oxygen atoms in total. The monoisotopic (exact) mass is 443 g/mol. The summed E-state index contributed by atoms with van der Waals surface area (Å²) in [7, 11) is 0. The normalized spacial score (nSPS) is 12.7. The molecule has 0 spiro atoms. The minimum absolute atomic E-state index is 0.138. The lowest BCUT2D eigenvalue weighted by atomic mass is 10.1. The molecule has 1 aromatic heterocycles. The van der Waals surface area contributed by atoms with Crippen LogP contribution in [0.4, 0.5) is 15.8 Å².